The van der Waals surface area contributed by atoms with Gasteiger partial charge in [-0.15, -0.1) is 0 Å². The third kappa shape index (κ3) is 63.3. The highest BCUT2D eigenvalue weighted by molar-refractivity contribution is 5.76. The van der Waals surface area contributed by atoms with Crippen LogP contribution in [0.15, 0.2) is 36.5 Å². The van der Waals surface area contributed by atoms with E-state index in [0.29, 0.717) is 19.4 Å². The molecule has 0 radical (unpaired) electrons. The van der Waals surface area contributed by atoms with E-state index in [4.69, 9.17) is 4.74 Å². The van der Waals surface area contributed by atoms with Crippen LogP contribution in [0.25, 0.3) is 0 Å². The number of hydrogen-bond acceptors (Lipinski definition) is 5. The molecular weight excluding hydrogens is 959 g/mol. The van der Waals surface area contributed by atoms with E-state index in [1.807, 2.05) is 6.08 Å². The monoisotopic (exact) mass is 1100 g/mol. The van der Waals surface area contributed by atoms with E-state index in [-0.39, 0.29) is 18.5 Å². The molecule has 0 aromatic rings. The number of carbonyl (C=O) groups excluding carboxylic acids is 2. The second-order valence-electron chi connectivity index (χ2n) is 24.2. The lowest BCUT2D eigenvalue weighted by atomic mass is 10.0. The summed E-state index contributed by atoms with van der Waals surface area (Å²) >= 11 is 0. The number of allylic oxidation sites excluding steroid dienone is 5. The molecule has 2 unspecified atom stereocenters. The highest BCUT2D eigenvalue weighted by atomic mass is 16.5. The summed E-state index contributed by atoms with van der Waals surface area (Å²) in [5.41, 5.74) is 0. The summed E-state index contributed by atoms with van der Waals surface area (Å²) in [5, 5.41) is 23.2. The SMILES string of the molecule is CCCCCCCC/C=C\CCCCCCCCCCCC(=O)OCCCCCCCCCCCCCC/C=C\CCCCCCCCCCCCCC(=O)NC(CO)C(O)/C=C/CCCCCCCCCCCCCCC. The van der Waals surface area contributed by atoms with Crippen molar-refractivity contribution in [2.24, 2.45) is 0 Å². The molecule has 3 N–H and O–H groups in total. The number of hydrogen-bond donors (Lipinski definition) is 3. The van der Waals surface area contributed by atoms with Crippen LogP contribution >= 0.6 is 0 Å². The maximum Gasteiger partial charge on any atom is 0.305 e. The van der Waals surface area contributed by atoms with Crippen molar-refractivity contribution < 1.29 is 24.5 Å². The lowest BCUT2D eigenvalue weighted by molar-refractivity contribution is -0.143. The van der Waals surface area contributed by atoms with E-state index in [0.717, 1.165) is 38.5 Å². The van der Waals surface area contributed by atoms with Gasteiger partial charge in [-0.1, -0.05) is 326 Å². The summed E-state index contributed by atoms with van der Waals surface area (Å²) in [7, 11) is 0. The largest absolute Gasteiger partial charge is 0.466 e. The van der Waals surface area contributed by atoms with Crippen LogP contribution in [-0.4, -0.2) is 47.4 Å². The van der Waals surface area contributed by atoms with Gasteiger partial charge in [-0.2, -0.15) is 0 Å². The topological polar surface area (TPSA) is 95.9 Å². The second-order valence-corrected chi connectivity index (χ2v) is 24.2. The van der Waals surface area contributed by atoms with Crippen LogP contribution in [0.1, 0.15) is 386 Å². The smallest absolute Gasteiger partial charge is 0.305 e. The van der Waals surface area contributed by atoms with Gasteiger partial charge >= 0.3 is 5.97 Å². The Bertz CT molecular complexity index is 1260. The summed E-state index contributed by atoms with van der Waals surface area (Å²) in [6, 6.07) is -0.629. The number of nitrogens with one attached hydrogen (secondary N) is 1. The molecule has 0 fully saturated rings. The van der Waals surface area contributed by atoms with Gasteiger partial charge in [0.1, 0.15) is 0 Å². The average Bonchev–Trinajstić information content (AvgIpc) is 3.44. The molecule has 0 spiro atoms. The van der Waals surface area contributed by atoms with Gasteiger partial charge in [-0.05, 0) is 83.5 Å². The van der Waals surface area contributed by atoms with Crippen molar-refractivity contribution in [3.05, 3.63) is 36.5 Å². The lowest BCUT2D eigenvalue weighted by Crippen LogP contribution is -2.45. The van der Waals surface area contributed by atoms with E-state index < -0.39 is 12.1 Å². The fourth-order valence-corrected chi connectivity index (χ4v) is 11.0. The Morgan fingerprint density at radius 1 is 0.346 bits per heavy atom. The number of rotatable bonds is 66. The maximum absolute atomic E-state index is 12.5. The van der Waals surface area contributed by atoms with Crippen LogP contribution in [0.4, 0.5) is 0 Å². The van der Waals surface area contributed by atoms with Crippen molar-refractivity contribution >= 4 is 11.9 Å². The first-order chi connectivity index (χ1) is 38.5. The second kappa shape index (κ2) is 67.6. The van der Waals surface area contributed by atoms with E-state index in [9.17, 15) is 19.8 Å². The Morgan fingerprint density at radius 2 is 0.603 bits per heavy atom. The Labute approximate surface area is 487 Å². The first-order valence-electron chi connectivity index (χ1n) is 35.3. The molecule has 0 heterocycles. The van der Waals surface area contributed by atoms with Crippen LogP contribution in [0.3, 0.4) is 0 Å². The normalized spacial score (nSPS) is 12.7. The molecule has 0 aliphatic heterocycles. The first kappa shape index (κ1) is 76.1. The molecule has 6 heteroatoms. The Hall–Kier alpha value is -1.92. The summed E-state index contributed by atoms with van der Waals surface area (Å²) in [5.74, 6) is -0.0522. The Kier molecular flexibility index (Phi) is 65.9. The molecule has 0 aliphatic rings. The number of aliphatic hydroxyl groups is 2. The van der Waals surface area contributed by atoms with Gasteiger partial charge in [0.25, 0.3) is 0 Å². The third-order valence-corrected chi connectivity index (χ3v) is 16.4. The van der Waals surface area contributed by atoms with E-state index in [2.05, 4.69) is 43.5 Å². The van der Waals surface area contributed by atoms with Gasteiger partial charge < -0.3 is 20.3 Å². The maximum atomic E-state index is 12.5. The van der Waals surface area contributed by atoms with Crippen molar-refractivity contribution in [1.82, 2.24) is 5.32 Å². The minimum absolute atomic E-state index is 0.0147. The molecule has 2 atom stereocenters. The highest BCUT2D eigenvalue weighted by Crippen LogP contribution is 2.18. The molecule has 460 valence electrons. The van der Waals surface area contributed by atoms with Crippen LogP contribution in [0.5, 0.6) is 0 Å². The predicted octanol–water partition coefficient (Wildman–Crippen LogP) is 22.7. The van der Waals surface area contributed by atoms with Gasteiger partial charge in [-0.25, -0.2) is 0 Å². The van der Waals surface area contributed by atoms with Crippen molar-refractivity contribution in [3.63, 3.8) is 0 Å². The van der Waals surface area contributed by atoms with Crippen molar-refractivity contribution in [3.8, 4) is 0 Å². The van der Waals surface area contributed by atoms with Crippen LogP contribution in [-0.2, 0) is 14.3 Å². The van der Waals surface area contributed by atoms with Gasteiger partial charge in [-0.3, -0.25) is 9.59 Å². The molecule has 0 bridgehead atoms. The van der Waals surface area contributed by atoms with Crippen LogP contribution < -0.4 is 5.32 Å². The zero-order valence-electron chi connectivity index (χ0n) is 52.7. The minimum atomic E-state index is -0.845. The predicted molar refractivity (Wildman–Crippen MR) is 343 cm³/mol. The number of aliphatic hydroxyl groups excluding tert-OH is 2. The molecule has 0 rings (SSSR count). The quantitative estimate of drug-likeness (QED) is 0.0320. The average molecular weight is 1100 g/mol. The van der Waals surface area contributed by atoms with Gasteiger partial charge in [0.15, 0.2) is 0 Å². The van der Waals surface area contributed by atoms with Crippen LogP contribution in [0, 0.1) is 0 Å². The minimum Gasteiger partial charge on any atom is -0.466 e. The van der Waals surface area contributed by atoms with Crippen molar-refractivity contribution in [1.29, 1.82) is 0 Å². The molecular formula is C72H137NO5. The van der Waals surface area contributed by atoms with Crippen molar-refractivity contribution in [2.75, 3.05) is 13.2 Å². The highest BCUT2D eigenvalue weighted by Gasteiger charge is 2.18. The summed E-state index contributed by atoms with van der Waals surface area (Å²) < 4.78 is 5.51. The first-order valence-corrected chi connectivity index (χ1v) is 35.3. The molecule has 0 aliphatic carbocycles. The van der Waals surface area contributed by atoms with Crippen molar-refractivity contribution in [2.45, 2.75) is 398 Å². The lowest BCUT2D eigenvalue weighted by Gasteiger charge is -2.20. The molecule has 0 saturated carbocycles. The standard InChI is InChI=1S/C72H137NO5/c1-3-5-7-9-11-13-15-17-19-20-30-34-38-42-46-50-54-58-62-66-72(77)78-67-63-59-55-51-47-43-39-35-32-29-27-25-23-21-22-24-26-28-31-33-37-41-45-49-53-57-61-65-71(76)73-69(68-74)70(75)64-60-56-52-48-44-40-36-18-16-14-12-10-8-6-4-2/h17,19,21-22,60,64,69-70,74-75H,3-16,18,20,23-59,61-63,65-68H2,1-2H3,(H,73,76)/b19-17-,22-21-,64-60+. The number of unbranched alkanes of at least 4 members (excludes halogenated alkanes) is 51. The number of amides is 1. The fourth-order valence-electron chi connectivity index (χ4n) is 11.0. The van der Waals surface area contributed by atoms with E-state index in [1.165, 1.54) is 321 Å². The Morgan fingerprint density at radius 3 is 0.910 bits per heavy atom. The third-order valence-electron chi connectivity index (χ3n) is 16.4. The summed E-state index contributed by atoms with van der Waals surface area (Å²) in [6.07, 6.45) is 86.5. The van der Waals surface area contributed by atoms with Crippen LogP contribution in [0.2, 0.25) is 0 Å². The number of carbonyl (C=O) groups is 2. The molecule has 6 nitrogen and oxygen atoms in total. The molecule has 78 heavy (non-hydrogen) atoms. The summed E-state index contributed by atoms with van der Waals surface area (Å²) in [6.45, 7) is 4.93. The summed E-state index contributed by atoms with van der Waals surface area (Å²) in [4.78, 5) is 24.6. The molecule has 0 aromatic carbocycles. The molecule has 1 amide bonds. The van der Waals surface area contributed by atoms with E-state index in [1.54, 1.807) is 6.08 Å². The molecule has 0 saturated heterocycles. The number of ether oxygens (including phenoxy) is 1. The fraction of sp³-hybridized carbons (Fsp3) is 0.889. The van der Waals surface area contributed by atoms with E-state index >= 15 is 0 Å². The van der Waals surface area contributed by atoms with Gasteiger partial charge in [0.05, 0.1) is 25.4 Å². The van der Waals surface area contributed by atoms with Gasteiger partial charge in [0.2, 0.25) is 5.91 Å². The molecule has 0 aromatic heterocycles. The Balaban J connectivity index is 3.38. The zero-order chi connectivity index (χ0) is 56.4. The zero-order valence-corrected chi connectivity index (χ0v) is 52.7. The van der Waals surface area contributed by atoms with Gasteiger partial charge in [0, 0.05) is 12.8 Å². The number of esters is 1.